The summed E-state index contributed by atoms with van der Waals surface area (Å²) in [6.45, 7) is 0.446. The van der Waals surface area contributed by atoms with E-state index < -0.39 is 26.5 Å². The zero-order valence-electron chi connectivity index (χ0n) is 19.2. The largest absolute Gasteiger partial charge is 0.493 e. The van der Waals surface area contributed by atoms with Gasteiger partial charge in [-0.05, 0) is 48.9 Å². The van der Waals surface area contributed by atoms with Crippen LogP contribution < -0.4 is 9.47 Å². The van der Waals surface area contributed by atoms with Crippen molar-refractivity contribution in [1.29, 1.82) is 0 Å². The lowest BCUT2D eigenvalue weighted by Crippen LogP contribution is -2.50. The predicted molar refractivity (Wildman–Crippen MR) is 124 cm³/mol. The number of hydrogen-bond donors (Lipinski definition) is 0. The number of piperazine rings is 1. The molecular formula is C23H27N3O7S. The quantitative estimate of drug-likeness (QED) is 0.452. The molecule has 0 N–H and O–H groups in total. The van der Waals surface area contributed by atoms with Crippen LogP contribution >= 0.6 is 0 Å². The van der Waals surface area contributed by atoms with Gasteiger partial charge in [-0.2, -0.15) is 4.31 Å². The van der Waals surface area contributed by atoms with Crippen LogP contribution in [0.5, 0.6) is 11.5 Å². The number of fused-ring (bicyclic) bond motifs is 1. The number of nitro benzene ring substituents is 1. The molecule has 10 nitrogen and oxygen atoms in total. The smallest absolute Gasteiger partial charge is 0.286 e. The molecule has 0 bridgehead atoms. The number of hydrogen-bond acceptors (Lipinski definition) is 7. The van der Waals surface area contributed by atoms with Gasteiger partial charge in [-0.25, -0.2) is 8.42 Å². The summed E-state index contributed by atoms with van der Waals surface area (Å²) in [5.74, 6) is -0.213. The van der Waals surface area contributed by atoms with Crippen LogP contribution in [0.2, 0.25) is 0 Å². The van der Waals surface area contributed by atoms with E-state index in [0.717, 1.165) is 37.3 Å². The highest BCUT2D eigenvalue weighted by molar-refractivity contribution is 7.89. The van der Waals surface area contributed by atoms with Gasteiger partial charge < -0.3 is 14.4 Å². The first kappa shape index (κ1) is 24.0. The first-order valence-electron chi connectivity index (χ1n) is 11.1. The van der Waals surface area contributed by atoms with Crippen LogP contribution in [0.4, 0.5) is 5.69 Å². The van der Waals surface area contributed by atoms with Crippen molar-refractivity contribution in [3.63, 3.8) is 0 Å². The van der Waals surface area contributed by atoms with Crippen LogP contribution in [0.25, 0.3) is 0 Å². The van der Waals surface area contributed by atoms with Crippen molar-refractivity contribution in [2.75, 3.05) is 40.4 Å². The van der Waals surface area contributed by atoms with Gasteiger partial charge in [-0.15, -0.1) is 0 Å². The minimum absolute atomic E-state index is 0.103. The number of nitrogens with zero attached hydrogens (tertiary/aromatic N) is 3. The van der Waals surface area contributed by atoms with Gasteiger partial charge in [0, 0.05) is 32.2 Å². The highest BCUT2D eigenvalue weighted by Gasteiger charge is 2.34. The number of amides is 1. The van der Waals surface area contributed by atoms with Gasteiger partial charge in [-0.1, -0.05) is 6.07 Å². The fraction of sp³-hybridized carbons (Fsp3) is 0.435. The Morgan fingerprint density at radius 1 is 0.941 bits per heavy atom. The number of carbonyl (C=O) groups is 1. The Balaban J connectivity index is 1.52. The maximum absolute atomic E-state index is 13.2. The summed E-state index contributed by atoms with van der Waals surface area (Å²) < 4.78 is 38.1. The molecule has 1 fully saturated rings. The SMILES string of the molecule is COc1cc(C(=O)N2CCN(S(=O)(=O)c3ccc4c(c3)CCCC4)CC2)c([N+](=O)[O-])cc1OC. The number of rotatable bonds is 6. The predicted octanol–water partition coefficient (Wildman–Crippen LogP) is 2.64. The van der Waals surface area contributed by atoms with E-state index in [2.05, 4.69) is 0 Å². The summed E-state index contributed by atoms with van der Waals surface area (Å²) in [4.78, 5) is 25.8. The van der Waals surface area contributed by atoms with Crippen LogP contribution in [-0.2, 0) is 22.9 Å². The van der Waals surface area contributed by atoms with Crippen molar-refractivity contribution in [3.8, 4) is 11.5 Å². The summed E-state index contributed by atoms with van der Waals surface area (Å²) in [5, 5.41) is 11.6. The Hall–Kier alpha value is -3.18. The van der Waals surface area contributed by atoms with Gasteiger partial charge in [0.05, 0.1) is 30.1 Å². The summed E-state index contributed by atoms with van der Waals surface area (Å²) in [6, 6.07) is 7.77. The van der Waals surface area contributed by atoms with Gasteiger partial charge >= 0.3 is 0 Å². The number of carbonyl (C=O) groups excluding carboxylic acids is 1. The molecule has 0 unspecified atom stereocenters. The molecule has 1 heterocycles. The molecule has 182 valence electrons. The summed E-state index contributed by atoms with van der Waals surface area (Å²) >= 11 is 0. The molecule has 0 atom stereocenters. The molecule has 0 saturated carbocycles. The second-order valence-electron chi connectivity index (χ2n) is 8.32. The Labute approximate surface area is 198 Å². The molecule has 0 aromatic heterocycles. The molecule has 2 aliphatic rings. The third kappa shape index (κ3) is 4.45. The zero-order chi connectivity index (χ0) is 24.5. The molecule has 2 aromatic carbocycles. The van der Waals surface area contributed by atoms with Gasteiger partial charge in [-0.3, -0.25) is 14.9 Å². The molecule has 0 radical (unpaired) electrons. The van der Waals surface area contributed by atoms with E-state index in [9.17, 15) is 23.3 Å². The lowest BCUT2D eigenvalue weighted by molar-refractivity contribution is -0.385. The molecule has 1 saturated heterocycles. The van der Waals surface area contributed by atoms with Crippen molar-refractivity contribution >= 4 is 21.6 Å². The van der Waals surface area contributed by atoms with Crippen molar-refractivity contribution < 1.29 is 27.6 Å². The maximum atomic E-state index is 13.2. The normalized spacial score (nSPS) is 16.6. The summed E-state index contributed by atoms with van der Waals surface area (Å²) in [6.07, 6.45) is 4.02. The van der Waals surface area contributed by atoms with E-state index in [1.165, 1.54) is 35.1 Å². The molecule has 11 heteroatoms. The minimum Gasteiger partial charge on any atom is -0.493 e. The molecule has 1 aliphatic heterocycles. The van der Waals surface area contributed by atoms with Gasteiger partial charge in [0.1, 0.15) is 5.56 Å². The first-order valence-corrected chi connectivity index (χ1v) is 12.5. The van der Waals surface area contributed by atoms with E-state index in [4.69, 9.17) is 9.47 Å². The Morgan fingerprint density at radius 2 is 1.56 bits per heavy atom. The number of aryl methyl sites for hydroxylation is 2. The van der Waals surface area contributed by atoms with Crippen LogP contribution in [0, 0.1) is 10.1 Å². The summed E-state index contributed by atoms with van der Waals surface area (Å²) in [7, 11) is -0.970. The standard InChI is InChI=1S/C23H27N3O7S/c1-32-21-14-19(20(26(28)29)15-22(21)33-2)23(27)24-9-11-25(12-10-24)34(30,31)18-8-7-16-5-3-4-6-17(16)13-18/h7-8,13-15H,3-6,9-12H2,1-2H3. The lowest BCUT2D eigenvalue weighted by atomic mass is 9.92. The number of sulfonamides is 1. The van der Waals surface area contributed by atoms with Gasteiger partial charge in [0.2, 0.25) is 10.0 Å². The zero-order valence-corrected chi connectivity index (χ0v) is 20.0. The summed E-state index contributed by atoms with van der Waals surface area (Å²) in [5.41, 5.74) is 1.76. The number of methoxy groups -OCH3 is 2. The highest BCUT2D eigenvalue weighted by Crippen LogP contribution is 2.35. The van der Waals surface area contributed by atoms with Crippen molar-refractivity contribution in [2.45, 2.75) is 30.6 Å². The monoisotopic (exact) mass is 489 g/mol. The molecular weight excluding hydrogens is 462 g/mol. The first-order chi connectivity index (χ1) is 16.3. The van der Waals surface area contributed by atoms with Crippen LogP contribution in [0.15, 0.2) is 35.2 Å². The molecule has 4 rings (SSSR count). The topological polar surface area (TPSA) is 119 Å². The molecule has 1 aliphatic carbocycles. The van der Waals surface area contributed by atoms with E-state index in [-0.39, 0.29) is 48.1 Å². The van der Waals surface area contributed by atoms with Crippen molar-refractivity contribution in [3.05, 3.63) is 57.1 Å². The molecule has 0 spiro atoms. The van der Waals surface area contributed by atoms with E-state index in [0.29, 0.717) is 0 Å². The molecule has 34 heavy (non-hydrogen) atoms. The van der Waals surface area contributed by atoms with Crippen LogP contribution in [0.1, 0.15) is 34.3 Å². The van der Waals surface area contributed by atoms with E-state index >= 15 is 0 Å². The highest BCUT2D eigenvalue weighted by atomic mass is 32.2. The average molecular weight is 490 g/mol. The third-order valence-corrected chi connectivity index (χ3v) is 8.31. The minimum atomic E-state index is -3.70. The Kier molecular flexibility index (Phi) is 6.76. The van der Waals surface area contributed by atoms with Crippen LogP contribution in [-0.4, -0.2) is 68.9 Å². The van der Waals surface area contributed by atoms with Crippen molar-refractivity contribution in [2.24, 2.45) is 0 Å². The second kappa shape index (κ2) is 9.59. The fourth-order valence-corrected chi connectivity index (χ4v) is 5.99. The third-order valence-electron chi connectivity index (χ3n) is 6.41. The van der Waals surface area contributed by atoms with Crippen molar-refractivity contribution in [1.82, 2.24) is 9.21 Å². The molecule has 2 aromatic rings. The second-order valence-corrected chi connectivity index (χ2v) is 10.3. The molecule has 1 amide bonds. The average Bonchev–Trinajstić information content (AvgIpc) is 2.87. The lowest BCUT2D eigenvalue weighted by Gasteiger charge is -2.34. The van der Waals surface area contributed by atoms with Gasteiger partial charge in [0.25, 0.3) is 11.6 Å². The number of nitro groups is 1. The Bertz CT molecular complexity index is 1220. The van der Waals surface area contributed by atoms with Crippen LogP contribution in [0.3, 0.4) is 0 Å². The van der Waals surface area contributed by atoms with E-state index in [1.807, 2.05) is 6.07 Å². The van der Waals surface area contributed by atoms with E-state index in [1.54, 1.807) is 12.1 Å². The Morgan fingerprint density at radius 3 is 2.18 bits per heavy atom. The fourth-order valence-electron chi connectivity index (χ4n) is 4.51. The number of ether oxygens (including phenoxy) is 2. The van der Waals surface area contributed by atoms with Gasteiger partial charge in [0.15, 0.2) is 11.5 Å². The maximum Gasteiger partial charge on any atom is 0.286 e. The number of benzene rings is 2.